The molecule has 2 amide bonds. The van der Waals surface area contributed by atoms with Gasteiger partial charge in [0.15, 0.2) is 11.5 Å². The summed E-state index contributed by atoms with van der Waals surface area (Å²) in [6.45, 7) is 3.74. The van der Waals surface area contributed by atoms with Crippen LogP contribution in [0.1, 0.15) is 21.6 Å². The third-order valence-electron chi connectivity index (χ3n) is 3.89. The molecule has 2 aromatic carbocycles. The number of carbonyl (C=O) groups excluding carboxylic acids is 2. The van der Waals surface area contributed by atoms with Gasteiger partial charge in [-0.05, 0) is 43.7 Å². The Bertz CT molecular complexity index is 978. The fourth-order valence-electron chi connectivity index (χ4n) is 2.49. The molecule has 0 aliphatic heterocycles. The first-order chi connectivity index (χ1) is 12.9. The highest BCUT2D eigenvalue weighted by Crippen LogP contribution is 2.14. The van der Waals surface area contributed by atoms with Crippen molar-refractivity contribution < 1.29 is 9.59 Å². The highest BCUT2D eigenvalue weighted by atomic mass is 16.2. The number of anilines is 3. The zero-order chi connectivity index (χ0) is 19.4. The van der Waals surface area contributed by atoms with E-state index in [4.69, 9.17) is 5.73 Å². The van der Waals surface area contributed by atoms with Crippen molar-refractivity contribution in [2.75, 3.05) is 16.4 Å². The van der Waals surface area contributed by atoms with Crippen LogP contribution in [0.5, 0.6) is 0 Å². The number of nitrogen functional groups attached to an aromatic ring is 1. The minimum atomic E-state index is -0.485. The van der Waals surface area contributed by atoms with Crippen molar-refractivity contribution in [2.24, 2.45) is 0 Å². The molecule has 138 valence electrons. The van der Waals surface area contributed by atoms with Gasteiger partial charge in [0.25, 0.3) is 5.91 Å². The molecule has 0 saturated heterocycles. The van der Waals surface area contributed by atoms with E-state index < -0.39 is 5.91 Å². The second-order valence-corrected chi connectivity index (χ2v) is 6.22. The van der Waals surface area contributed by atoms with E-state index >= 15 is 0 Å². The van der Waals surface area contributed by atoms with E-state index in [9.17, 15) is 9.59 Å². The molecule has 0 aliphatic rings. The van der Waals surface area contributed by atoms with Crippen LogP contribution >= 0.6 is 0 Å². The Morgan fingerprint density at radius 2 is 1.74 bits per heavy atom. The van der Waals surface area contributed by atoms with Crippen molar-refractivity contribution in [3.05, 3.63) is 65.4 Å². The van der Waals surface area contributed by atoms with Gasteiger partial charge < -0.3 is 16.4 Å². The fraction of sp³-hybridized carbons (Fsp3) is 0.158. The average molecular weight is 364 g/mol. The molecule has 0 fully saturated rings. The molecule has 0 bridgehead atoms. The Morgan fingerprint density at radius 3 is 2.44 bits per heavy atom. The third kappa shape index (κ3) is 4.49. The predicted octanol–water partition coefficient (Wildman–Crippen LogP) is 2.37. The largest absolute Gasteiger partial charge is 0.382 e. The Balaban J connectivity index is 1.66. The number of benzene rings is 2. The van der Waals surface area contributed by atoms with E-state index in [2.05, 4.69) is 20.9 Å². The lowest BCUT2D eigenvalue weighted by Gasteiger charge is -2.07. The summed E-state index contributed by atoms with van der Waals surface area (Å²) in [5.41, 5.74) is 9.33. The minimum Gasteiger partial charge on any atom is -0.382 e. The topological polar surface area (TPSA) is 115 Å². The van der Waals surface area contributed by atoms with E-state index in [1.54, 1.807) is 18.2 Å². The molecule has 3 rings (SSSR count). The summed E-state index contributed by atoms with van der Waals surface area (Å²) < 4.78 is 1.19. The van der Waals surface area contributed by atoms with Gasteiger partial charge in [0.2, 0.25) is 5.91 Å². The van der Waals surface area contributed by atoms with E-state index in [0.717, 1.165) is 11.1 Å². The molecule has 1 heterocycles. The summed E-state index contributed by atoms with van der Waals surface area (Å²) in [5, 5.41) is 13.1. The molecule has 8 heteroatoms. The maximum Gasteiger partial charge on any atom is 0.280 e. The summed E-state index contributed by atoms with van der Waals surface area (Å²) in [5.74, 6) is -0.775. The zero-order valence-electron chi connectivity index (χ0n) is 15.1. The third-order valence-corrected chi connectivity index (χ3v) is 3.89. The highest BCUT2D eigenvalue weighted by molar-refractivity contribution is 6.05. The second kappa shape index (κ2) is 7.69. The Morgan fingerprint density at radius 1 is 1.00 bits per heavy atom. The van der Waals surface area contributed by atoms with Gasteiger partial charge in [-0.3, -0.25) is 9.59 Å². The highest BCUT2D eigenvalue weighted by Gasteiger charge is 2.19. The second-order valence-electron chi connectivity index (χ2n) is 6.22. The number of hydrogen-bond acceptors (Lipinski definition) is 5. The predicted molar refractivity (Wildman–Crippen MR) is 103 cm³/mol. The van der Waals surface area contributed by atoms with Crippen molar-refractivity contribution in [2.45, 2.75) is 20.4 Å². The smallest absolute Gasteiger partial charge is 0.280 e. The number of amides is 2. The molecular formula is C19H20N6O2. The van der Waals surface area contributed by atoms with Crippen LogP contribution in [0.25, 0.3) is 0 Å². The maximum atomic E-state index is 12.3. The molecule has 0 spiro atoms. The quantitative estimate of drug-likeness (QED) is 0.643. The minimum absolute atomic E-state index is 0.0269. The summed E-state index contributed by atoms with van der Waals surface area (Å²) in [6.07, 6.45) is 0. The van der Waals surface area contributed by atoms with Gasteiger partial charge in [-0.25, -0.2) is 4.68 Å². The number of aromatic nitrogens is 3. The number of hydrogen-bond donors (Lipinski definition) is 3. The lowest BCUT2D eigenvalue weighted by molar-refractivity contribution is -0.116. The number of nitrogens with zero attached hydrogens (tertiary/aromatic N) is 3. The van der Waals surface area contributed by atoms with Crippen LogP contribution < -0.4 is 16.4 Å². The van der Waals surface area contributed by atoms with E-state index in [-0.39, 0.29) is 24.0 Å². The lowest BCUT2D eigenvalue weighted by Crippen LogP contribution is -2.21. The summed E-state index contributed by atoms with van der Waals surface area (Å²) in [7, 11) is 0. The molecule has 0 radical (unpaired) electrons. The van der Waals surface area contributed by atoms with Crippen LogP contribution in [0.15, 0.2) is 48.5 Å². The molecule has 0 saturated carbocycles. The average Bonchev–Trinajstić information content (AvgIpc) is 2.97. The normalized spacial score (nSPS) is 10.4. The molecule has 1 aromatic heterocycles. The van der Waals surface area contributed by atoms with Crippen molar-refractivity contribution in [3.8, 4) is 0 Å². The van der Waals surface area contributed by atoms with E-state index in [1.165, 1.54) is 4.68 Å². The number of rotatable bonds is 5. The van der Waals surface area contributed by atoms with Gasteiger partial charge in [0.1, 0.15) is 6.54 Å². The van der Waals surface area contributed by atoms with Crippen LogP contribution in [0.4, 0.5) is 17.2 Å². The van der Waals surface area contributed by atoms with Crippen LogP contribution in [0, 0.1) is 13.8 Å². The Labute approximate surface area is 156 Å². The molecule has 8 nitrogen and oxygen atoms in total. The molecule has 0 atom stereocenters. The first kappa shape index (κ1) is 18.1. The number of aryl methyl sites for hydroxylation is 2. The Hall–Kier alpha value is -3.68. The van der Waals surface area contributed by atoms with E-state index in [0.29, 0.717) is 11.4 Å². The fourth-order valence-corrected chi connectivity index (χ4v) is 2.49. The van der Waals surface area contributed by atoms with Crippen molar-refractivity contribution in [1.82, 2.24) is 15.0 Å². The zero-order valence-corrected chi connectivity index (χ0v) is 15.1. The van der Waals surface area contributed by atoms with Crippen LogP contribution in [-0.2, 0) is 11.3 Å². The van der Waals surface area contributed by atoms with Crippen LogP contribution in [-0.4, -0.2) is 26.8 Å². The number of nitrogens with one attached hydrogen (secondary N) is 2. The van der Waals surface area contributed by atoms with Crippen LogP contribution in [0.2, 0.25) is 0 Å². The van der Waals surface area contributed by atoms with Crippen molar-refractivity contribution in [1.29, 1.82) is 0 Å². The summed E-state index contributed by atoms with van der Waals surface area (Å²) >= 11 is 0. The first-order valence-electron chi connectivity index (χ1n) is 8.36. The maximum absolute atomic E-state index is 12.3. The molecule has 0 unspecified atom stereocenters. The molecule has 27 heavy (non-hydrogen) atoms. The number of carbonyl (C=O) groups is 2. The van der Waals surface area contributed by atoms with Gasteiger partial charge in [0.05, 0.1) is 0 Å². The van der Waals surface area contributed by atoms with Gasteiger partial charge in [-0.15, -0.1) is 5.10 Å². The summed E-state index contributed by atoms with van der Waals surface area (Å²) in [4.78, 5) is 24.5. The van der Waals surface area contributed by atoms with E-state index in [1.807, 2.05) is 44.2 Å². The molecule has 3 aromatic rings. The van der Waals surface area contributed by atoms with Crippen LogP contribution in [0.3, 0.4) is 0 Å². The van der Waals surface area contributed by atoms with Crippen molar-refractivity contribution in [3.63, 3.8) is 0 Å². The van der Waals surface area contributed by atoms with Gasteiger partial charge in [-0.1, -0.05) is 35.0 Å². The van der Waals surface area contributed by atoms with Gasteiger partial charge in [-0.2, -0.15) is 0 Å². The first-order valence-corrected chi connectivity index (χ1v) is 8.36. The summed E-state index contributed by atoms with van der Waals surface area (Å²) in [6, 6.07) is 14.7. The van der Waals surface area contributed by atoms with Gasteiger partial charge >= 0.3 is 0 Å². The molecular weight excluding hydrogens is 344 g/mol. The lowest BCUT2D eigenvalue weighted by atomic mass is 10.2. The number of nitrogens with two attached hydrogens (primary N) is 1. The van der Waals surface area contributed by atoms with Gasteiger partial charge in [0, 0.05) is 11.4 Å². The standard InChI is InChI=1S/C19H20N6O2/c1-12-6-8-14(9-7-12)22-19(27)17-18(20)25(24-23-17)11-16(26)21-15-5-3-4-13(2)10-15/h3-10H,11,20H2,1-2H3,(H,21,26)(H,22,27). The monoisotopic (exact) mass is 364 g/mol. The molecule has 4 N–H and O–H groups in total. The molecule has 0 aliphatic carbocycles. The van der Waals surface area contributed by atoms with Crippen molar-refractivity contribution >= 4 is 29.0 Å². The Kier molecular flexibility index (Phi) is 5.16. The SMILES string of the molecule is Cc1ccc(NC(=O)c2nnn(CC(=O)Nc3cccc(C)c3)c2N)cc1.